The molecule has 3 rings (SSSR count). The van der Waals surface area contributed by atoms with E-state index in [1.54, 1.807) is 12.1 Å². The topological polar surface area (TPSA) is 86.8 Å². The van der Waals surface area contributed by atoms with Crippen LogP contribution in [-0.4, -0.2) is 61.3 Å². The van der Waals surface area contributed by atoms with Crippen LogP contribution in [0.25, 0.3) is 11.1 Å². The maximum atomic E-state index is 14.0. The number of amides is 1. The number of primary amides is 1. The van der Waals surface area contributed by atoms with Gasteiger partial charge in [-0.3, -0.25) is 14.5 Å². The molecule has 0 spiro atoms. The van der Waals surface area contributed by atoms with Gasteiger partial charge in [0.25, 0.3) is 5.91 Å². The minimum absolute atomic E-state index is 0.157. The van der Waals surface area contributed by atoms with Crippen molar-refractivity contribution >= 4 is 11.9 Å². The van der Waals surface area contributed by atoms with Crippen LogP contribution < -0.4 is 5.73 Å². The first kappa shape index (κ1) is 23.0. The number of ether oxygens (including phenoxy) is 2. The van der Waals surface area contributed by atoms with Crippen LogP contribution >= 0.6 is 0 Å². The number of hydrogen-bond acceptors (Lipinski definition) is 5. The molecule has 1 aliphatic rings. The zero-order valence-electron chi connectivity index (χ0n) is 18.2. The summed E-state index contributed by atoms with van der Waals surface area (Å²) in [5.74, 6) is -1.31. The minimum atomic E-state index is -0.567. The van der Waals surface area contributed by atoms with Crippen LogP contribution in [0.2, 0.25) is 0 Å². The normalized spacial score (nSPS) is 14.5. The minimum Gasteiger partial charge on any atom is -0.469 e. The lowest BCUT2D eigenvalue weighted by Crippen LogP contribution is -2.37. The predicted molar refractivity (Wildman–Crippen MR) is 115 cm³/mol. The van der Waals surface area contributed by atoms with E-state index < -0.39 is 11.7 Å². The first-order chi connectivity index (χ1) is 14.9. The molecule has 1 aromatic heterocycles. The van der Waals surface area contributed by atoms with E-state index >= 15 is 0 Å². The highest BCUT2D eigenvalue weighted by molar-refractivity contribution is 6.02. The number of rotatable bonds is 9. The van der Waals surface area contributed by atoms with Crippen LogP contribution in [0.4, 0.5) is 4.39 Å². The van der Waals surface area contributed by atoms with Crippen LogP contribution in [-0.2, 0) is 27.2 Å². The molecule has 0 bridgehead atoms. The summed E-state index contributed by atoms with van der Waals surface area (Å²) in [5, 5.41) is 0. The molecule has 1 saturated heterocycles. The van der Waals surface area contributed by atoms with Crippen LogP contribution in [0.15, 0.2) is 24.3 Å². The van der Waals surface area contributed by atoms with Gasteiger partial charge in [0.1, 0.15) is 5.82 Å². The molecule has 31 heavy (non-hydrogen) atoms. The summed E-state index contributed by atoms with van der Waals surface area (Å²) in [5.41, 5.74) is 8.81. The van der Waals surface area contributed by atoms with Crippen LogP contribution in [0.3, 0.4) is 0 Å². The van der Waals surface area contributed by atoms with Gasteiger partial charge in [-0.1, -0.05) is 12.1 Å². The molecule has 2 N–H and O–H groups in total. The quantitative estimate of drug-likeness (QED) is 0.617. The summed E-state index contributed by atoms with van der Waals surface area (Å²) in [6.07, 6.45) is 1.38. The standard InChI is InChI=1S/C23H30FN3O4/c1-16-21(23(25)29)22(17-5-3-6-18(24)15-17)19(7-8-20(28)30-2)27(16)10-4-9-26-11-13-31-14-12-26/h3,5-6,15H,4,7-14H2,1-2H3,(H2,25,29). The third kappa shape index (κ3) is 5.51. The average Bonchev–Trinajstić information content (AvgIpc) is 3.04. The Labute approximate surface area is 181 Å². The number of methoxy groups -OCH3 is 1. The fourth-order valence-electron chi connectivity index (χ4n) is 4.22. The van der Waals surface area contributed by atoms with Gasteiger partial charge >= 0.3 is 5.97 Å². The third-order valence-electron chi connectivity index (χ3n) is 5.74. The lowest BCUT2D eigenvalue weighted by molar-refractivity contribution is -0.140. The number of morpholine rings is 1. The van der Waals surface area contributed by atoms with E-state index in [1.165, 1.54) is 19.2 Å². The second kappa shape index (κ2) is 10.5. The Morgan fingerprint density at radius 3 is 2.61 bits per heavy atom. The van der Waals surface area contributed by atoms with Crippen molar-refractivity contribution in [3.8, 4) is 11.1 Å². The molecular formula is C23H30FN3O4. The number of nitrogens with two attached hydrogens (primary N) is 1. The monoisotopic (exact) mass is 431 g/mol. The molecule has 0 atom stereocenters. The summed E-state index contributed by atoms with van der Waals surface area (Å²) >= 11 is 0. The number of carbonyl (C=O) groups is 2. The van der Waals surface area contributed by atoms with E-state index in [-0.39, 0.29) is 12.4 Å². The van der Waals surface area contributed by atoms with Crippen molar-refractivity contribution in [3.63, 3.8) is 0 Å². The van der Waals surface area contributed by atoms with Crippen molar-refractivity contribution in [2.24, 2.45) is 5.73 Å². The Morgan fingerprint density at radius 1 is 1.23 bits per heavy atom. The zero-order chi connectivity index (χ0) is 22.4. The first-order valence-electron chi connectivity index (χ1n) is 10.6. The molecule has 0 unspecified atom stereocenters. The van der Waals surface area contributed by atoms with E-state index in [2.05, 4.69) is 4.90 Å². The summed E-state index contributed by atoms with van der Waals surface area (Å²) < 4.78 is 26.2. The summed E-state index contributed by atoms with van der Waals surface area (Å²) in [6, 6.07) is 6.10. The molecule has 0 saturated carbocycles. The molecule has 0 radical (unpaired) electrons. The Hall–Kier alpha value is -2.71. The van der Waals surface area contributed by atoms with Crippen molar-refractivity contribution in [1.29, 1.82) is 0 Å². The van der Waals surface area contributed by atoms with E-state index in [0.717, 1.165) is 50.7 Å². The number of benzene rings is 1. The third-order valence-corrected chi connectivity index (χ3v) is 5.74. The Balaban J connectivity index is 1.97. The molecule has 7 nitrogen and oxygen atoms in total. The molecule has 2 heterocycles. The number of nitrogens with zero attached hydrogens (tertiary/aromatic N) is 2. The molecule has 8 heteroatoms. The van der Waals surface area contributed by atoms with Gasteiger partial charge in [0.2, 0.25) is 0 Å². The van der Waals surface area contributed by atoms with Crippen LogP contribution in [0.5, 0.6) is 0 Å². The van der Waals surface area contributed by atoms with Crippen molar-refractivity contribution < 1.29 is 23.5 Å². The molecule has 2 aromatic rings. The molecule has 1 amide bonds. The van der Waals surface area contributed by atoms with Gasteiger partial charge in [-0.15, -0.1) is 0 Å². The van der Waals surface area contributed by atoms with E-state index in [9.17, 15) is 14.0 Å². The second-order valence-corrected chi connectivity index (χ2v) is 7.69. The largest absolute Gasteiger partial charge is 0.469 e. The van der Waals surface area contributed by atoms with Crippen molar-refractivity contribution in [1.82, 2.24) is 9.47 Å². The van der Waals surface area contributed by atoms with E-state index in [1.807, 2.05) is 11.5 Å². The van der Waals surface area contributed by atoms with Crippen molar-refractivity contribution in [3.05, 3.63) is 47.0 Å². The van der Waals surface area contributed by atoms with Gasteiger partial charge in [0.05, 0.1) is 32.3 Å². The summed E-state index contributed by atoms with van der Waals surface area (Å²) in [6.45, 7) is 6.69. The highest BCUT2D eigenvalue weighted by Gasteiger charge is 2.25. The van der Waals surface area contributed by atoms with Gasteiger partial charge in [0.15, 0.2) is 0 Å². The van der Waals surface area contributed by atoms with E-state index in [0.29, 0.717) is 29.7 Å². The van der Waals surface area contributed by atoms with Crippen molar-refractivity contribution in [2.75, 3.05) is 40.0 Å². The summed E-state index contributed by atoms with van der Waals surface area (Å²) in [7, 11) is 1.34. The molecule has 168 valence electrons. The Morgan fingerprint density at radius 2 is 1.97 bits per heavy atom. The fraction of sp³-hybridized carbons (Fsp3) is 0.478. The number of hydrogen-bond donors (Lipinski definition) is 1. The zero-order valence-corrected chi connectivity index (χ0v) is 18.2. The first-order valence-corrected chi connectivity index (χ1v) is 10.6. The van der Waals surface area contributed by atoms with Gasteiger partial charge in [0, 0.05) is 43.1 Å². The van der Waals surface area contributed by atoms with E-state index in [4.69, 9.17) is 15.2 Å². The smallest absolute Gasteiger partial charge is 0.305 e. The fourth-order valence-corrected chi connectivity index (χ4v) is 4.22. The van der Waals surface area contributed by atoms with Gasteiger partial charge in [-0.05, 0) is 37.5 Å². The Kier molecular flexibility index (Phi) is 7.81. The lowest BCUT2D eigenvalue weighted by Gasteiger charge is -2.26. The molecule has 1 aliphatic heterocycles. The predicted octanol–water partition coefficient (Wildman–Crippen LogP) is 2.53. The number of halogens is 1. The Bertz CT molecular complexity index is 935. The van der Waals surface area contributed by atoms with Gasteiger partial charge in [-0.2, -0.15) is 0 Å². The lowest BCUT2D eigenvalue weighted by atomic mass is 9.98. The number of esters is 1. The number of aromatic nitrogens is 1. The highest BCUT2D eigenvalue weighted by Crippen LogP contribution is 2.34. The average molecular weight is 432 g/mol. The molecular weight excluding hydrogens is 401 g/mol. The maximum absolute atomic E-state index is 14.0. The number of carbonyl (C=O) groups excluding carboxylic acids is 2. The highest BCUT2D eigenvalue weighted by atomic mass is 19.1. The van der Waals surface area contributed by atoms with Gasteiger partial charge in [-0.25, -0.2) is 4.39 Å². The SMILES string of the molecule is COC(=O)CCc1c(-c2cccc(F)c2)c(C(N)=O)c(C)n1CCCN1CCOCC1. The second-order valence-electron chi connectivity index (χ2n) is 7.69. The van der Waals surface area contributed by atoms with Crippen LogP contribution in [0.1, 0.15) is 34.6 Å². The summed E-state index contributed by atoms with van der Waals surface area (Å²) in [4.78, 5) is 26.6. The maximum Gasteiger partial charge on any atom is 0.305 e. The van der Waals surface area contributed by atoms with Crippen LogP contribution in [0, 0.1) is 12.7 Å². The molecule has 1 fully saturated rings. The van der Waals surface area contributed by atoms with Crippen molar-refractivity contribution in [2.45, 2.75) is 32.7 Å². The molecule has 0 aliphatic carbocycles. The van der Waals surface area contributed by atoms with Gasteiger partial charge < -0.3 is 19.8 Å². The molecule has 1 aromatic carbocycles.